The zero-order chi connectivity index (χ0) is 22.2. The molecule has 0 aromatic heterocycles. The fourth-order valence-corrected chi connectivity index (χ4v) is 4.61. The van der Waals surface area contributed by atoms with Gasteiger partial charge in [-0.3, -0.25) is 14.8 Å². The number of methoxy groups -OCH3 is 2. The molecule has 0 aliphatic carbocycles. The van der Waals surface area contributed by atoms with Gasteiger partial charge in [0.25, 0.3) is 5.91 Å². The van der Waals surface area contributed by atoms with Crippen LogP contribution in [-0.2, 0) is 0 Å². The Morgan fingerprint density at radius 3 is 2.23 bits per heavy atom. The van der Waals surface area contributed by atoms with Crippen molar-refractivity contribution in [2.24, 2.45) is 9.98 Å². The predicted octanol–water partition coefficient (Wildman–Crippen LogP) is 4.91. The van der Waals surface area contributed by atoms with E-state index in [4.69, 9.17) is 42.7 Å². The molecule has 1 saturated heterocycles. The minimum atomic E-state index is -0.539. The summed E-state index contributed by atoms with van der Waals surface area (Å²) in [4.78, 5) is 24.7. The molecule has 0 unspecified atom stereocenters. The van der Waals surface area contributed by atoms with Crippen LogP contribution in [0.5, 0.6) is 11.5 Å². The highest BCUT2D eigenvalue weighted by Crippen LogP contribution is 2.35. The molecule has 2 aromatic carbocycles. The third kappa shape index (κ3) is 4.27. The Morgan fingerprint density at radius 1 is 0.968 bits per heavy atom. The fraction of sp³-hybridized carbons (Fsp3) is 0.348. The second-order valence-corrected chi connectivity index (χ2v) is 8.53. The molecule has 6 nitrogen and oxygen atoms in total. The van der Waals surface area contributed by atoms with Crippen molar-refractivity contribution in [1.82, 2.24) is 4.90 Å². The molecular weight excluding hydrogens is 437 g/mol. The molecule has 2 heterocycles. The molecule has 1 spiro atoms. The normalized spacial score (nSPS) is 17.4. The molecule has 1 fully saturated rings. The van der Waals surface area contributed by atoms with Crippen LogP contribution in [-0.4, -0.2) is 55.2 Å². The molecular formula is C23H23Cl2N3O3. The molecule has 0 bridgehead atoms. The molecule has 0 radical (unpaired) electrons. The lowest BCUT2D eigenvalue weighted by Gasteiger charge is -2.35. The third-order valence-electron chi connectivity index (χ3n) is 5.66. The maximum atomic E-state index is 13.0. The van der Waals surface area contributed by atoms with Gasteiger partial charge >= 0.3 is 0 Å². The number of hydrogen-bond donors (Lipinski definition) is 0. The predicted molar refractivity (Wildman–Crippen MR) is 124 cm³/mol. The van der Waals surface area contributed by atoms with Crippen molar-refractivity contribution in [2.45, 2.75) is 25.4 Å². The zero-order valence-electron chi connectivity index (χ0n) is 17.6. The van der Waals surface area contributed by atoms with Crippen LogP contribution in [0.2, 0.25) is 10.0 Å². The third-order valence-corrected chi connectivity index (χ3v) is 6.09. The average molecular weight is 460 g/mol. The van der Waals surface area contributed by atoms with Crippen molar-refractivity contribution in [3.05, 3.63) is 57.6 Å². The molecule has 8 heteroatoms. The van der Waals surface area contributed by atoms with Gasteiger partial charge in [-0.15, -0.1) is 0 Å². The van der Waals surface area contributed by atoms with Crippen molar-refractivity contribution in [3.8, 4) is 11.5 Å². The highest BCUT2D eigenvalue weighted by Gasteiger charge is 2.39. The molecule has 4 rings (SSSR count). The number of ether oxygens (including phenoxy) is 2. The Balaban J connectivity index is 1.51. The van der Waals surface area contributed by atoms with E-state index in [9.17, 15) is 4.79 Å². The largest absolute Gasteiger partial charge is 0.493 e. The zero-order valence-corrected chi connectivity index (χ0v) is 19.1. The molecule has 162 valence electrons. The number of carbonyl (C=O) groups excluding carboxylic acids is 1. The highest BCUT2D eigenvalue weighted by atomic mass is 35.5. The summed E-state index contributed by atoms with van der Waals surface area (Å²) in [6.07, 6.45) is 1.31. The topological polar surface area (TPSA) is 63.5 Å². The van der Waals surface area contributed by atoms with E-state index in [-0.39, 0.29) is 5.91 Å². The number of aliphatic imine (C=N–C) groups is 2. The molecule has 1 amide bonds. The second kappa shape index (κ2) is 8.52. The Bertz CT molecular complexity index is 1070. The number of benzene rings is 2. The standard InChI is InChI=1S/C23H23Cl2N3O3/c1-14-21(16-10-17(24)13-18(25)11-16)27-23(26-14)6-8-28(9-7-23)22(29)15-4-5-19(30-2)20(12-15)31-3/h4-5,10-13H,6-9H2,1-3H3. The summed E-state index contributed by atoms with van der Waals surface area (Å²) in [6, 6.07) is 10.6. The lowest BCUT2D eigenvalue weighted by molar-refractivity contribution is 0.0678. The summed E-state index contributed by atoms with van der Waals surface area (Å²) in [5, 5.41) is 1.13. The van der Waals surface area contributed by atoms with Gasteiger partial charge < -0.3 is 14.4 Å². The monoisotopic (exact) mass is 459 g/mol. The number of likely N-dealkylation sites (tertiary alicyclic amines) is 1. The van der Waals surface area contributed by atoms with Crippen molar-refractivity contribution in [1.29, 1.82) is 0 Å². The summed E-state index contributed by atoms with van der Waals surface area (Å²) >= 11 is 12.3. The Morgan fingerprint density at radius 2 is 1.61 bits per heavy atom. The van der Waals surface area contributed by atoms with Gasteiger partial charge in [-0.2, -0.15) is 0 Å². The van der Waals surface area contributed by atoms with Gasteiger partial charge in [-0.1, -0.05) is 23.2 Å². The molecule has 31 heavy (non-hydrogen) atoms. The summed E-state index contributed by atoms with van der Waals surface area (Å²) in [7, 11) is 3.12. The van der Waals surface area contributed by atoms with E-state index >= 15 is 0 Å². The number of carbonyl (C=O) groups is 1. The van der Waals surface area contributed by atoms with E-state index < -0.39 is 5.66 Å². The van der Waals surface area contributed by atoms with Crippen LogP contribution in [0, 0.1) is 0 Å². The first-order chi connectivity index (χ1) is 14.8. The molecule has 2 aliphatic rings. The van der Waals surface area contributed by atoms with E-state index in [1.54, 1.807) is 38.5 Å². The van der Waals surface area contributed by atoms with Crippen LogP contribution in [0.4, 0.5) is 0 Å². The Labute approximate surface area is 191 Å². The maximum Gasteiger partial charge on any atom is 0.253 e. The number of halogens is 2. The van der Waals surface area contributed by atoms with Gasteiger partial charge in [0.05, 0.1) is 25.6 Å². The number of piperidine rings is 1. The first-order valence-corrected chi connectivity index (χ1v) is 10.7. The number of nitrogens with zero attached hydrogens (tertiary/aromatic N) is 3. The number of amides is 1. The Hall–Kier alpha value is -2.57. The van der Waals surface area contributed by atoms with Gasteiger partial charge in [-0.25, -0.2) is 0 Å². The highest BCUT2D eigenvalue weighted by molar-refractivity contribution is 6.49. The lowest BCUT2D eigenvalue weighted by atomic mass is 9.97. The summed E-state index contributed by atoms with van der Waals surface area (Å²) in [5.74, 6) is 1.09. The molecule has 2 aromatic rings. The lowest BCUT2D eigenvalue weighted by Crippen LogP contribution is -2.44. The smallest absolute Gasteiger partial charge is 0.253 e. The SMILES string of the molecule is COc1ccc(C(=O)N2CCC3(CC2)N=C(C)C(c2cc(Cl)cc(Cl)c2)=N3)cc1OC. The average Bonchev–Trinajstić information content (AvgIpc) is 3.08. The maximum absolute atomic E-state index is 13.0. The summed E-state index contributed by atoms with van der Waals surface area (Å²) < 4.78 is 10.6. The first-order valence-electron chi connectivity index (χ1n) is 9.98. The van der Waals surface area contributed by atoms with Gasteiger partial charge in [0, 0.05) is 47.1 Å². The van der Waals surface area contributed by atoms with E-state index in [2.05, 4.69) is 0 Å². The van der Waals surface area contributed by atoms with Crippen LogP contribution in [0.15, 0.2) is 46.4 Å². The first kappa shape index (κ1) is 21.7. The van der Waals surface area contributed by atoms with Crippen LogP contribution < -0.4 is 9.47 Å². The van der Waals surface area contributed by atoms with Crippen LogP contribution >= 0.6 is 23.2 Å². The van der Waals surface area contributed by atoms with Gasteiger partial charge in [0.2, 0.25) is 0 Å². The van der Waals surface area contributed by atoms with Gasteiger partial charge in [0.15, 0.2) is 17.2 Å². The second-order valence-electron chi connectivity index (χ2n) is 7.66. The minimum absolute atomic E-state index is 0.0414. The molecule has 0 atom stereocenters. The van der Waals surface area contributed by atoms with E-state index in [1.165, 1.54) is 0 Å². The van der Waals surface area contributed by atoms with Crippen LogP contribution in [0.25, 0.3) is 0 Å². The molecule has 0 saturated carbocycles. The minimum Gasteiger partial charge on any atom is -0.493 e. The van der Waals surface area contributed by atoms with Crippen LogP contribution in [0.3, 0.4) is 0 Å². The van der Waals surface area contributed by atoms with E-state index in [0.29, 0.717) is 53.0 Å². The fourth-order valence-electron chi connectivity index (χ4n) is 4.09. The van der Waals surface area contributed by atoms with E-state index in [1.807, 2.05) is 24.0 Å². The van der Waals surface area contributed by atoms with Crippen molar-refractivity contribution in [3.63, 3.8) is 0 Å². The summed E-state index contributed by atoms with van der Waals surface area (Å²) in [5.41, 5.74) is 2.56. The van der Waals surface area contributed by atoms with Crippen molar-refractivity contribution in [2.75, 3.05) is 27.3 Å². The van der Waals surface area contributed by atoms with Gasteiger partial charge in [-0.05, 0) is 43.3 Å². The number of hydrogen-bond acceptors (Lipinski definition) is 5. The Kier molecular flexibility index (Phi) is 5.95. The van der Waals surface area contributed by atoms with Crippen LogP contribution in [0.1, 0.15) is 35.7 Å². The van der Waals surface area contributed by atoms with Gasteiger partial charge in [0.1, 0.15) is 0 Å². The van der Waals surface area contributed by atoms with E-state index in [0.717, 1.165) is 17.0 Å². The van der Waals surface area contributed by atoms with Crippen molar-refractivity contribution >= 4 is 40.5 Å². The summed E-state index contributed by atoms with van der Waals surface area (Å²) in [6.45, 7) is 3.08. The molecule has 2 aliphatic heterocycles. The number of rotatable bonds is 4. The molecule has 0 N–H and O–H groups in total. The quantitative estimate of drug-likeness (QED) is 0.652. The van der Waals surface area contributed by atoms with Crippen molar-refractivity contribution < 1.29 is 14.3 Å².